The van der Waals surface area contributed by atoms with Crippen LogP contribution in [0.4, 0.5) is 0 Å². The number of fused-ring (bicyclic) bond motifs is 7. The summed E-state index contributed by atoms with van der Waals surface area (Å²) in [5, 5.41) is 8.88. The van der Waals surface area contributed by atoms with Gasteiger partial charge in [-0.15, -0.1) is 0 Å². The van der Waals surface area contributed by atoms with Gasteiger partial charge in [-0.2, -0.15) is 0 Å². The highest BCUT2D eigenvalue weighted by atomic mass is 14.7. The number of hydrogen-bond donors (Lipinski definition) is 0. The van der Waals surface area contributed by atoms with Crippen LogP contribution in [-0.2, 0) is 0 Å². The van der Waals surface area contributed by atoms with Crippen LogP contribution in [0.15, 0.2) is 170 Å². The second-order valence-corrected chi connectivity index (χ2v) is 11.8. The van der Waals surface area contributed by atoms with Crippen molar-refractivity contribution < 1.29 is 0 Å². The normalized spacial score (nSPS) is 11.5. The summed E-state index contributed by atoms with van der Waals surface area (Å²) in [6.07, 6.45) is 3.69. The van der Waals surface area contributed by atoms with E-state index in [0.717, 1.165) is 38.9 Å². The molecule has 0 atom stereocenters. The van der Waals surface area contributed by atoms with Gasteiger partial charge >= 0.3 is 0 Å². The molecule has 0 spiro atoms. The Morgan fingerprint density at radius 2 is 0.804 bits per heavy atom. The van der Waals surface area contributed by atoms with E-state index < -0.39 is 0 Å². The van der Waals surface area contributed by atoms with Gasteiger partial charge in [-0.1, -0.05) is 115 Å². The Morgan fingerprint density at radius 3 is 1.46 bits per heavy atom. The first-order chi connectivity index (χ1) is 22.8. The van der Waals surface area contributed by atoms with E-state index in [4.69, 9.17) is 4.98 Å². The van der Waals surface area contributed by atoms with Crippen LogP contribution in [0, 0.1) is 0 Å². The Hall–Kier alpha value is -6.12. The fourth-order valence-corrected chi connectivity index (χ4v) is 6.92. The minimum Gasteiger partial charge on any atom is -0.265 e. The summed E-state index contributed by atoms with van der Waals surface area (Å²) in [7, 11) is 0. The highest BCUT2D eigenvalue weighted by molar-refractivity contribution is 6.25. The van der Waals surface area contributed by atoms with Gasteiger partial charge in [0.05, 0.1) is 11.2 Å². The van der Waals surface area contributed by atoms with Gasteiger partial charge in [0, 0.05) is 23.3 Å². The highest BCUT2D eigenvalue weighted by Crippen LogP contribution is 2.38. The van der Waals surface area contributed by atoms with Gasteiger partial charge < -0.3 is 0 Å². The second kappa shape index (κ2) is 10.8. The first-order valence-electron chi connectivity index (χ1n) is 15.6. The summed E-state index contributed by atoms with van der Waals surface area (Å²) >= 11 is 0. The first-order valence-corrected chi connectivity index (χ1v) is 15.6. The topological polar surface area (TPSA) is 25.8 Å². The molecule has 0 aliphatic heterocycles. The van der Waals surface area contributed by atoms with Crippen molar-refractivity contribution in [2.45, 2.75) is 0 Å². The summed E-state index contributed by atoms with van der Waals surface area (Å²) in [6, 6.07) is 56.7. The van der Waals surface area contributed by atoms with E-state index >= 15 is 0 Å². The molecule has 2 heterocycles. The minimum absolute atomic E-state index is 0.956. The largest absolute Gasteiger partial charge is 0.265 e. The Balaban J connectivity index is 1.15. The highest BCUT2D eigenvalue weighted by Gasteiger charge is 2.12. The van der Waals surface area contributed by atoms with Crippen LogP contribution >= 0.6 is 0 Å². The zero-order valence-electron chi connectivity index (χ0n) is 25.1. The molecular formula is C44H28N2. The average molecular weight is 585 g/mol. The van der Waals surface area contributed by atoms with Crippen LogP contribution in [0.5, 0.6) is 0 Å². The third-order valence-corrected chi connectivity index (χ3v) is 9.14. The molecule has 0 aliphatic rings. The predicted molar refractivity (Wildman–Crippen MR) is 194 cm³/mol. The van der Waals surface area contributed by atoms with E-state index in [-0.39, 0.29) is 0 Å². The van der Waals surface area contributed by atoms with E-state index in [9.17, 15) is 0 Å². The molecule has 0 radical (unpaired) electrons. The van der Waals surface area contributed by atoms with Crippen molar-refractivity contribution in [3.05, 3.63) is 170 Å². The molecule has 0 bridgehead atoms. The maximum Gasteiger partial charge on any atom is 0.0716 e. The third kappa shape index (κ3) is 4.43. The van der Waals surface area contributed by atoms with E-state index in [1.807, 2.05) is 12.4 Å². The lowest BCUT2D eigenvalue weighted by molar-refractivity contribution is 1.33. The number of hydrogen-bond acceptors (Lipinski definition) is 2. The van der Waals surface area contributed by atoms with Crippen molar-refractivity contribution in [2.24, 2.45) is 0 Å². The monoisotopic (exact) mass is 584 g/mol. The van der Waals surface area contributed by atoms with Crippen LogP contribution < -0.4 is 0 Å². The third-order valence-electron chi connectivity index (χ3n) is 9.14. The summed E-state index contributed by atoms with van der Waals surface area (Å²) in [4.78, 5) is 9.32. The Morgan fingerprint density at radius 1 is 0.304 bits per heavy atom. The smallest absolute Gasteiger partial charge is 0.0716 e. The maximum absolute atomic E-state index is 5.09. The molecule has 0 N–H and O–H groups in total. The molecule has 2 heteroatoms. The predicted octanol–water partition coefficient (Wildman–Crippen LogP) is 11.8. The van der Waals surface area contributed by atoms with Crippen LogP contribution in [0.1, 0.15) is 0 Å². The van der Waals surface area contributed by atoms with Gasteiger partial charge in [-0.05, 0) is 108 Å². The van der Waals surface area contributed by atoms with E-state index in [2.05, 4.69) is 163 Å². The molecule has 7 aromatic carbocycles. The molecular weight excluding hydrogens is 556 g/mol. The summed E-state index contributed by atoms with van der Waals surface area (Å²) in [5.74, 6) is 0. The van der Waals surface area contributed by atoms with Crippen LogP contribution in [-0.4, -0.2) is 9.97 Å². The van der Waals surface area contributed by atoms with Crippen molar-refractivity contribution in [3.63, 3.8) is 0 Å². The van der Waals surface area contributed by atoms with Crippen LogP contribution in [0.2, 0.25) is 0 Å². The molecule has 2 nitrogen and oxygen atoms in total. The number of aromatic nitrogens is 2. The molecule has 46 heavy (non-hydrogen) atoms. The molecule has 0 unspecified atom stereocenters. The second-order valence-electron chi connectivity index (χ2n) is 11.8. The number of pyridine rings is 2. The lowest BCUT2D eigenvalue weighted by Crippen LogP contribution is -1.91. The molecule has 9 rings (SSSR count). The minimum atomic E-state index is 0.956. The average Bonchev–Trinajstić information content (AvgIpc) is 3.15. The Bertz CT molecular complexity index is 2550. The standard InChI is InChI=1S/C44H28N2/c1-2-15-37-35(13-1)36-14-3-4-16-38(36)42-27-33(19-20-39(37)42)31-10-7-9-30(25-31)32-11-8-12-34(26-32)44-28-41(29-21-23-45-24-22-29)40-17-5-6-18-43(40)46-44/h1-28H. The van der Waals surface area contributed by atoms with Crippen molar-refractivity contribution in [1.82, 2.24) is 9.97 Å². The van der Waals surface area contributed by atoms with E-state index in [1.54, 1.807) is 0 Å². The fourth-order valence-electron chi connectivity index (χ4n) is 6.92. The van der Waals surface area contributed by atoms with Crippen LogP contribution in [0.3, 0.4) is 0 Å². The zero-order chi connectivity index (χ0) is 30.5. The van der Waals surface area contributed by atoms with Crippen molar-refractivity contribution >= 4 is 43.2 Å². The van der Waals surface area contributed by atoms with E-state index in [0.29, 0.717) is 0 Å². The van der Waals surface area contributed by atoms with Gasteiger partial charge in [-0.25, -0.2) is 4.98 Å². The maximum atomic E-state index is 5.09. The Kier molecular flexibility index (Phi) is 6.17. The van der Waals surface area contributed by atoms with Gasteiger partial charge in [0.15, 0.2) is 0 Å². The summed E-state index contributed by atoms with van der Waals surface area (Å²) < 4.78 is 0. The lowest BCUT2D eigenvalue weighted by atomic mass is 9.91. The van der Waals surface area contributed by atoms with Gasteiger partial charge in [0.2, 0.25) is 0 Å². The molecule has 0 saturated heterocycles. The SMILES string of the molecule is c1cc(-c2cccc(-c3cc(-c4ccncc4)c4ccccc4n3)c2)cc(-c2ccc3c4ccccc4c4ccccc4c3c2)c1. The molecule has 214 valence electrons. The molecule has 0 aliphatic carbocycles. The van der Waals surface area contributed by atoms with Gasteiger partial charge in [0.25, 0.3) is 0 Å². The van der Waals surface area contributed by atoms with Crippen LogP contribution in [0.25, 0.3) is 87.9 Å². The molecule has 0 saturated carbocycles. The number of benzene rings is 7. The van der Waals surface area contributed by atoms with Gasteiger partial charge in [0.1, 0.15) is 0 Å². The number of rotatable bonds is 4. The molecule has 0 fully saturated rings. The van der Waals surface area contributed by atoms with E-state index in [1.165, 1.54) is 49.0 Å². The number of nitrogens with zero attached hydrogens (tertiary/aromatic N) is 2. The zero-order valence-corrected chi connectivity index (χ0v) is 25.1. The van der Waals surface area contributed by atoms with Crippen molar-refractivity contribution in [3.8, 4) is 44.6 Å². The number of para-hydroxylation sites is 1. The van der Waals surface area contributed by atoms with Crippen molar-refractivity contribution in [1.29, 1.82) is 0 Å². The molecule has 2 aromatic heterocycles. The summed E-state index contributed by atoms with van der Waals surface area (Å²) in [6.45, 7) is 0. The summed E-state index contributed by atoms with van der Waals surface area (Å²) in [5.41, 5.74) is 10.1. The van der Waals surface area contributed by atoms with Crippen molar-refractivity contribution in [2.75, 3.05) is 0 Å². The Labute approximate surface area is 267 Å². The molecule has 9 aromatic rings. The fraction of sp³-hybridized carbons (Fsp3) is 0. The lowest BCUT2D eigenvalue weighted by Gasteiger charge is -2.13. The van der Waals surface area contributed by atoms with Gasteiger partial charge in [-0.3, -0.25) is 4.98 Å². The quantitative estimate of drug-likeness (QED) is 0.192. The molecule has 0 amide bonds. The first kappa shape index (κ1) is 26.3.